The van der Waals surface area contributed by atoms with Gasteiger partial charge in [0.25, 0.3) is 0 Å². The second kappa shape index (κ2) is 8.57. The molecule has 0 saturated carbocycles. The predicted molar refractivity (Wildman–Crippen MR) is 128 cm³/mol. The minimum Gasteiger partial charge on any atom is -0.507 e. The standard InChI is InChI=1S/C26H26N6O/c1-31-14-18(19-8-2-4-10-22(19)31)16-32-12-6-7-17(15-32)24-21(13-27)25(28)30-26(29-24)20-9-3-5-11-23(20)33/h2-5,8-11,14,17,33H,6-7,12,15-16H2,1H3,(H2,28,29,30). The Labute approximate surface area is 192 Å². The normalized spacial score (nSPS) is 16.7. The zero-order valence-corrected chi connectivity index (χ0v) is 18.6. The Balaban J connectivity index is 1.46. The van der Waals surface area contributed by atoms with Crippen LogP contribution in [-0.4, -0.2) is 37.6 Å². The molecule has 7 heteroatoms. The van der Waals surface area contributed by atoms with E-state index in [0.29, 0.717) is 22.6 Å². The minimum absolute atomic E-state index is 0.0679. The number of nitrogen functional groups attached to an aromatic ring is 1. The fraction of sp³-hybridized carbons (Fsp3) is 0.269. The third-order valence-electron chi connectivity index (χ3n) is 6.49. The zero-order chi connectivity index (χ0) is 22.9. The number of para-hydroxylation sites is 2. The third kappa shape index (κ3) is 3.90. The van der Waals surface area contributed by atoms with E-state index in [9.17, 15) is 10.4 Å². The van der Waals surface area contributed by atoms with Gasteiger partial charge in [0.2, 0.25) is 0 Å². The first kappa shape index (κ1) is 21.0. The van der Waals surface area contributed by atoms with Gasteiger partial charge in [-0.3, -0.25) is 4.90 Å². The van der Waals surface area contributed by atoms with E-state index < -0.39 is 0 Å². The summed E-state index contributed by atoms with van der Waals surface area (Å²) in [5.74, 6) is 0.671. The molecule has 2 aromatic carbocycles. The van der Waals surface area contributed by atoms with Crippen molar-refractivity contribution in [3.8, 4) is 23.2 Å². The summed E-state index contributed by atoms with van der Waals surface area (Å²) in [4.78, 5) is 11.5. The number of aromatic hydroxyl groups is 1. The SMILES string of the molecule is Cn1cc(CN2CCCC(c3nc(-c4ccccc4O)nc(N)c3C#N)C2)c2ccccc21. The van der Waals surface area contributed by atoms with E-state index in [0.717, 1.165) is 32.5 Å². The summed E-state index contributed by atoms with van der Waals surface area (Å²) >= 11 is 0. The van der Waals surface area contributed by atoms with Crippen molar-refractivity contribution in [1.29, 1.82) is 5.26 Å². The fourth-order valence-corrected chi connectivity index (χ4v) is 4.90. The molecule has 5 rings (SSSR count). The molecule has 33 heavy (non-hydrogen) atoms. The molecule has 1 aliphatic rings. The smallest absolute Gasteiger partial charge is 0.165 e. The van der Waals surface area contributed by atoms with E-state index in [1.54, 1.807) is 18.2 Å². The second-order valence-corrected chi connectivity index (χ2v) is 8.68. The number of nitriles is 1. The van der Waals surface area contributed by atoms with Gasteiger partial charge in [-0.2, -0.15) is 5.26 Å². The maximum atomic E-state index is 10.3. The molecule has 2 aromatic heterocycles. The molecule has 3 N–H and O–H groups in total. The van der Waals surface area contributed by atoms with Crippen LogP contribution in [0.25, 0.3) is 22.3 Å². The number of benzene rings is 2. The van der Waals surface area contributed by atoms with Crippen molar-refractivity contribution in [2.45, 2.75) is 25.3 Å². The first-order valence-corrected chi connectivity index (χ1v) is 11.2. The molecule has 1 unspecified atom stereocenters. The number of rotatable bonds is 4. The van der Waals surface area contributed by atoms with E-state index in [4.69, 9.17) is 10.7 Å². The van der Waals surface area contributed by atoms with E-state index in [2.05, 4.69) is 58.0 Å². The van der Waals surface area contributed by atoms with Crippen LogP contribution in [-0.2, 0) is 13.6 Å². The van der Waals surface area contributed by atoms with Crippen LogP contribution in [0.1, 0.15) is 35.6 Å². The Morgan fingerprint density at radius 1 is 1.15 bits per heavy atom. The van der Waals surface area contributed by atoms with Crippen LogP contribution in [0.15, 0.2) is 54.7 Å². The molecule has 1 aliphatic heterocycles. The molecule has 1 atom stereocenters. The number of likely N-dealkylation sites (tertiary alicyclic amines) is 1. The van der Waals surface area contributed by atoms with E-state index in [1.165, 1.54) is 16.5 Å². The number of phenols is 1. The fourth-order valence-electron chi connectivity index (χ4n) is 4.90. The summed E-state index contributed by atoms with van der Waals surface area (Å²) in [6.07, 6.45) is 4.14. The molecule has 0 radical (unpaired) electrons. The number of aryl methyl sites for hydroxylation is 1. The number of phenolic OH excluding ortho intramolecular Hbond substituents is 1. The average molecular weight is 439 g/mol. The summed E-state index contributed by atoms with van der Waals surface area (Å²) in [6, 6.07) is 17.6. The quantitative estimate of drug-likeness (QED) is 0.495. The van der Waals surface area contributed by atoms with Gasteiger partial charge in [0.15, 0.2) is 5.82 Å². The zero-order valence-electron chi connectivity index (χ0n) is 18.6. The Hall–Kier alpha value is -3.89. The molecule has 0 spiro atoms. The maximum absolute atomic E-state index is 10.3. The molecular weight excluding hydrogens is 412 g/mol. The summed E-state index contributed by atoms with van der Waals surface area (Å²) < 4.78 is 2.17. The number of nitrogens with zero attached hydrogens (tertiary/aromatic N) is 5. The molecule has 7 nitrogen and oxygen atoms in total. The molecule has 3 heterocycles. The first-order chi connectivity index (χ1) is 16.0. The summed E-state index contributed by atoms with van der Waals surface area (Å²) in [5.41, 5.74) is 10.2. The Kier molecular flexibility index (Phi) is 5.45. The highest BCUT2D eigenvalue weighted by molar-refractivity contribution is 5.83. The molecule has 4 aromatic rings. The lowest BCUT2D eigenvalue weighted by Crippen LogP contribution is -2.34. The lowest BCUT2D eigenvalue weighted by atomic mass is 9.91. The van der Waals surface area contributed by atoms with Crippen LogP contribution >= 0.6 is 0 Å². The van der Waals surface area contributed by atoms with E-state index in [-0.39, 0.29) is 17.5 Å². The highest BCUT2D eigenvalue weighted by atomic mass is 16.3. The Morgan fingerprint density at radius 3 is 2.76 bits per heavy atom. The van der Waals surface area contributed by atoms with Crippen LogP contribution < -0.4 is 5.73 Å². The van der Waals surface area contributed by atoms with Gasteiger partial charge in [0.05, 0.1) is 11.3 Å². The van der Waals surface area contributed by atoms with Crippen molar-refractivity contribution in [3.63, 3.8) is 0 Å². The third-order valence-corrected chi connectivity index (χ3v) is 6.49. The van der Waals surface area contributed by atoms with Gasteiger partial charge in [-0.25, -0.2) is 9.97 Å². The summed E-state index contributed by atoms with van der Waals surface area (Å²) in [7, 11) is 2.08. The molecule has 166 valence electrons. The van der Waals surface area contributed by atoms with Gasteiger partial charge in [-0.1, -0.05) is 30.3 Å². The van der Waals surface area contributed by atoms with Crippen molar-refractivity contribution >= 4 is 16.7 Å². The van der Waals surface area contributed by atoms with Gasteiger partial charge < -0.3 is 15.4 Å². The number of aromatic nitrogens is 3. The lowest BCUT2D eigenvalue weighted by molar-refractivity contribution is 0.199. The number of hydrogen-bond acceptors (Lipinski definition) is 6. The van der Waals surface area contributed by atoms with Crippen molar-refractivity contribution in [2.24, 2.45) is 7.05 Å². The molecule has 0 amide bonds. The van der Waals surface area contributed by atoms with Crippen molar-refractivity contribution < 1.29 is 5.11 Å². The Morgan fingerprint density at radius 2 is 1.94 bits per heavy atom. The molecular formula is C26H26N6O. The van der Waals surface area contributed by atoms with Crippen LogP contribution in [0.2, 0.25) is 0 Å². The number of piperidine rings is 1. The maximum Gasteiger partial charge on any atom is 0.165 e. The predicted octanol–water partition coefficient (Wildman–Crippen LogP) is 4.17. The van der Waals surface area contributed by atoms with Crippen LogP contribution in [0.5, 0.6) is 5.75 Å². The van der Waals surface area contributed by atoms with Crippen LogP contribution in [0.3, 0.4) is 0 Å². The van der Waals surface area contributed by atoms with Crippen molar-refractivity contribution in [2.75, 3.05) is 18.8 Å². The highest BCUT2D eigenvalue weighted by Crippen LogP contribution is 2.34. The monoisotopic (exact) mass is 438 g/mol. The first-order valence-electron chi connectivity index (χ1n) is 11.2. The number of hydrogen-bond donors (Lipinski definition) is 2. The van der Waals surface area contributed by atoms with Gasteiger partial charge in [0, 0.05) is 43.2 Å². The summed E-state index contributed by atoms with van der Waals surface area (Å²) in [5, 5.41) is 21.3. The molecule has 0 bridgehead atoms. The van der Waals surface area contributed by atoms with Gasteiger partial charge in [-0.15, -0.1) is 0 Å². The van der Waals surface area contributed by atoms with Crippen LogP contribution in [0.4, 0.5) is 5.82 Å². The molecule has 0 aliphatic carbocycles. The average Bonchev–Trinajstić information content (AvgIpc) is 3.14. The number of fused-ring (bicyclic) bond motifs is 1. The second-order valence-electron chi connectivity index (χ2n) is 8.68. The van der Waals surface area contributed by atoms with Crippen LogP contribution in [0, 0.1) is 11.3 Å². The minimum atomic E-state index is 0.0679. The van der Waals surface area contributed by atoms with Crippen molar-refractivity contribution in [3.05, 3.63) is 71.5 Å². The largest absolute Gasteiger partial charge is 0.507 e. The van der Waals surface area contributed by atoms with Crippen molar-refractivity contribution in [1.82, 2.24) is 19.4 Å². The topological polar surface area (TPSA) is 104 Å². The van der Waals surface area contributed by atoms with Gasteiger partial charge >= 0.3 is 0 Å². The van der Waals surface area contributed by atoms with Gasteiger partial charge in [-0.05, 0) is 43.1 Å². The Bertz CT molecular complexity index is 1370. The summed E-state index contributed by atoms with van der Waals surface area (Å²) in [6.45, 7) is 2.62. The highest BCUT2D eigenvalue weighted by Gasteiger charge is 2.28. The number of nitrogens with two attached hydrogens (primary N) is 1. The number of anilines is 1. The van der Waals surface area contributed by atoms with Gasteiger partial charge in [0.1, 0.15) is 23.2 Å². The molecule has 1 saturated heterocycles. The van der Waals surface area contributed by atoms with E-state index in [1.807, 2.05) is 6.07 Å². The molecule has 1 fully saturated rings. The lowest BCUT2D eigenvalue weighted by Gasteiger charge is -2.33. The van der Waals surface area contributed by atoms with E-state index >= 15 is 0 Å².